The first-order valence-electron chi connectivity index (χ1n) is 5.94. The van der Waals surface area contributed by atoms with Crippen LogP contribution in [0.2, 0.25) is 0 Å². The summed E-state index contributed by atoms with van der Waals surface area (Å²) in [5.74, 6) is 0.284. The monoisotopic (exact) mass is 222 g/mol. The molecule has 2 atom stereocenters. The second-order valence-electron chi connectivity index (χ2n) is 5.04. The molecular formula is C14H22O2. The maximum absolute atomic E-state index is 11.6. The molecule has 1 aliphatic rings. The summed E-state index contributed by atoms with van der Waals surface area (Å²) in [6, 6.07) is 0. The summed E-state index contributed by atoms with van der Waals surface area (Å²) in [4.78, 5) is 11.6. The lowest BCUT2D eigenvalue weighted by atomic mass is 9.84. The van der Waals surface area contributed by atoms with Crippen LogP contribution in [0.15, 0.2) is 23.8 Å². The largest absolute Gasteiger partial charge is 0.458 e. The molecule has 0 bridgehead atoms. The van der Waals surface area contributed by atoms with Gasteiger partial charge in [-0.1, -0.05) is 32.1 Å². The van der Waals surface area contributed by atoms with Crippen molar-refractivity contribution in [3.8, 4) is 0 Å². The molecule has 0 aromatic carbocycles. The first-order chi connectivity index (χ1) is 7.41. The van der Waals surface area contributed by atoms with Crippen LogP contribution in [0.5, 0.6) is 0 Å². The molecular weight excluding hydrogens is 200 g/mol. The molecule has 1 aliphatic carbocycles. The highest BCUT2D eigenvalue weighted by molar-refractivity contribution is 5.72. The minimum atomic E-state index is -0.111. The molecule has 0 radical (unpaired) electrons. The van der Waals surface area contributed by atoms with Gasteiger partial charge in [-0.05, 0) is 38.2 Å². The summed E-state index contributed by atoms with van der Waals surface area (Å²) < 4.78 is 5.50. The van der Waals surface area contributed by atoms with E-state index in [1.54, 1.807) is 0 Å². The Balaban J connectivity index is 2.65. The third-order valence-corrected chi connectivity index (χ3v) is 3.16. The fraction of sp³-hybridized carbons (Fsp3) is 0.643. The van der Waals surface area contributed by atoms with Crippen LogP contribution in [0.25, 0.3) is 0 Å². The highest BCUT2D eigenvalue weighted by Crippen LogP contribution is 2.30. The maximum atomic E-state index is 11.6. The molecule has 0 N–H and O–H groups in total. The Morgan fingerprint density at radius 1 is 1.56 bits per heavy atom. The normalized spacial score (nSPS) is 25.2. The molecule has 0 fully saturated rings. The quantitative estimate of drug-likeness (QED) is 0.539. The first-order valence-corrected chi connectivity index (χ1v) is 5.94. The van der Waals surface area contributed by atoms with Crippen LogP contribution in [0.4, 0.5) is 0 Å². The smallest absolute Gasteiger partial charge is 0.308 e. The van der Waals surface area contributed by atoms with E-state index < -0.39 is 0 Å². The average molecular weight is 222 g/mol. The van der Waals surface area contributed by atoms with Gasteiger partial charge in [0.25, 0.3) is 0 Å². The van der Waals surface area contributed by atoms with Crippen molar-refractivity contribution in [1.29, 1.82) is 0 Å². The molecule has 0 saturated carbocycles. The highest BCUT2D eigenvalue weighted by Gasteiger charge is 2.26. The van der Waals surface area contributed by atoms with E-state index >= 15 is 0 Å². The molecule has 0 aromatic heterocycles. The summed E-state index contributed by atoms with van der Waals surface area (Å²) in [5.41, 5.74) is 2.35. The minimum absolute atomic E-state index is 0.0506. The molecule has 90 valence electrons. The topological polar surface area (TPSA) is 26.3 Å². The Morgan fingerprint density at radius 3 is 2.69 bits per heavy atom. The van der Waals surface area contributed by atoms with Gasteiger partial charge in [0.05, 0.1) is 5.92 Å². The average Bonchev–Trinajstić information content (AvgIpc) is 2.20. The fourth-order valence-electron chi connectivity index (χ4n) is 1.82. The van der Waals surface area contributed by atoms with Crippen LogP contribution < -0.4 is 0 Å². The van der Waals surface area contributed by atoms with Gasteiger partial charge in [-0.15, -0.1) is 0 Å². The number of rotatable bonds is 3. The van der Waals surface area contributed by atoms with Crippen LogP contribution in [0.1, 0.15) is 40.5 Å². The van der Waals surface area contributed by atoms with Gasteiger partial charge in [-0.2, -0.15) is 0 Å². The number of allylic oxidation sites excluding steroid dienone is 2. The predicted octanol–water partition coefficient (Wildman–Crippen LogP) is 3.49. The number of hydrogen-bond donors (Lipinski definition) is 0. The summed E-state index contributed by atoms with van der Waals surface area (Å²) in [7, 11) is 0. The summed E-state index contributed by atoms with van der Waals surface area (Å²) >= 11 is 0. The minimum Gasteiger partial charge on any atom is -0.458 e. The van der Waals surface area contributed by atoms with Gasteiger partial charge in [0.15, 0.2) is 0 Å². The third kappa shape index (κ3) is 3.22. The lowest BCUT2D eigenvalue weighted by Gasteiger charge is -2.29. The van der Waals surface area contributed by atoms with Gasteiger partial charge in [-0.25, -0.2) is 0 Å². The Labute approximate surface area is 98.4 Å². The fourth-order valence-corrected chi connectivity index (χ4v) is 1.82. The second-order valence-corrected chi connectivity index (χ2v) is 5.04. The number of esters is 1. The molecule has 16 heavy (non-hydrogen) atoms. The van der Waals surface area contributed by atoms with Crippen LogP contribution in [-0.2, 0) is 9.53 Å². The zero-order valence-electron chi connectivity index (χ0n) is 10.7. The lowest BCUT2D eigenvalue weighted by Crippen LogP contribution is -2.27. The Hall–Kier alpha value is -1.05. The molecule has 2 heteroatoms. The zero-order valence-corrected chi connectivity index (χ0v) is 10.7. The molecule has 0 heterocycles. The Bertz CT molecular complexity index is 313. The maximum Gasteiger partial charge on any atom is 0.308 e. The van der Waals surface area contributed by atoms with Gasteiger partial charge >= 0.3 is 5.97 Å². The number of carbonyl (C=O) groups is 1. The number of ether oxygens (including phenoxy) is 1. The highest BCUT2D eigenvalue weighted by atomic mass is 16.5. The van der Waals surface area contributed by atoms with E-state index in [1.165, 1.54) is 11.1 Å². The molecule has 0 spiro atoms. The van der Waals surface area contributed by atoms with Gasteiger partial charge in [0.2, 0.25) is 0 Å². The predicted molar refractivity (Wildman–Crippen MR) is 66.0 cm³/mol. The van der Waals surface area contributed by atoms with E-state index in [-0.39, 0.29) is 18.0 Å². The van der Waals surface area contributed by atoms with E-state index in [2.05, 4.69) is 12.7 Å². The molecule has 0 amide bonds. The molecule has 0 aromatic rings. The van der Waals surface area contributed by atoms with Crippen LogP contribution >= 0.6 is 0 Å². The van der Waals surface area contributed by atoms with E-state index in [0.29, 0.717) is 5.92 Å². The van der Waals surface area contributed by atoms with E-state index in [0.717, 1.165) is 12.8 Å². The van der Waals surface area contributed by atoms with Gasteiger partial charge in [-0.3, -0.25) is 4.79 Å². The van der Waals surface area contributed by atoms with Crippen molar-refractivity contribution in [3.05, 3.63) is 23.8 Å². The molecule has 1 rings (SSSR count). The SMILES string of the molecule is C=C(C)[C@@H]1CC=C(C)[C@@H](OC(=O)C(C)C)C1. The van der Waals surface area contributed by atoms with E-state index in [4.69, 9.17) is 4.74 Å². The third-order valence-electron chi connectivity index (χ3n) is 3.16. The van der Waals surface area contributed by atoms with Crippen LogP contribution in [0.3, 0.4) is 0 Å². The standard InChI is InChI=1S/C14H22O2/c1-9(2)12-7-6-11(5)13(8-12)16-14(15)10(3)4/h6,10,12-13H,1,7-8H2,2-5H3/t12-,13+/m1/s1. The number of carbonyl (C=O) groups excluding carboxylic acids is 1. The molecule has 0 saturated heterocycles. The summed E-state index contributed by atoms with van der Waals surface area (Å²) in [5, 5.41) is 0. The van der Waals surface area contributed by atoms with Crippen LogP contribution in [0, 0.1) is 11.8 Å². The van der Waals surface area contributed by atoms with Crippen molar-refractivity contribution >= 4 is 5.97 Å². The number of hydrogen-bond acceptors (Lipinski definition) is 2. The molecule has 2 nitrogen and oxygen atoms in total. The van der Waals surface area contributed by atoms with E-state index in [9.17, 15) is 4.79 Å². The zero-order chi connectivity index (χ0) is 12.3. The van der Waals surface area contributed by atoms with Crippen LogP contribution in [-0.4, -0.2) is 12.1 Å². The molecule has 0 unspecified atom stereocenters. The van der Waals surface area contributed by atoms with Crippen molar-refractivity contribution in [2.24, 2.45) is 11.8 Å². The Kier molecular flexibility index (Phi) is 4.34. The van der Waals surface area contributed by atoms with Gasteiger partial charge in [0.1, 0.15) is 6.10 Å². The van der Waals surface area contributed by atoms with Gasteiger partial charge in [0, 0.05) is 0 Å². The van der Waals surface area contributed by atoms with Crippen molar-refractivity contribution in [2.75, 3.05) is 0 Å². The Morgan fingerprint density at radius 2 is 2.19 bits per heavy atom. The van der Waals surface area contributed by atoms with Crippen molar-refractivity contribution in [1.82, 2.24) is 0 Å². The van der Waals surface area contributed by atoms with Crippen molar-refractivity contribution < 1.29 is 9.53 Å². The summed E-state index contributed by atoms with van der Waals surface area (Å²) in [6.45, 7) is 11.8. The van der Waals surface area contributed by atoms with Gasteiger partial charge < -0.3 is 4.74 Å². The second kappa shape index (κ2) is 5.33. The van der Waals surface area contributed by atoms with E-state index in [1.807, 2.05) is 27.7 Å². The van der Waals surface area contributed by atoms with Crippen molar-refractivity contribution in [2.45, 2.75) is 46.6 Å². The molecule has 0 aliphatic heterocycles. The summed E-state index contributed by atoms with van der Waals surface area (Å²) in [6.07, 6.45) is 4.03. The lowest BCUT2D eigenvalue weighted by molar-refractivity contribution is -0.151. The first kappa shape index (κ1) is 13.0. The van der Waals surface area contributed by atoms with Crippen molar-refractivity contribution in [3.63, 3.8) is 0 Å².